The van der Waals surface area contributed by atoms with Gasteiger partial charge in [-0.05, 0) is 44.0 Å². The quantitative estimate of drug-likeness (QED) is 0.0542. The molecule has 0 radical (unpaired) electrons. The Hall–Kier alpha value is -4.79. The van der Waals surface area contributed by atoms with Crippen LogP contribution >= 0.6 is 34.3 Å². The number of halogens is 7. The first kappa shape index (κ1) is 47.2. The van der Waals surface area contributed by atoms with Crippen LogP contribution in [0.2, 0.25) is 5.15 Å². The van der Waals surface area contributed by atoms with Gasteiger partial charge in [0.25, 0.3) is 0 Å². The molecule has 2 aliphatic carbocycles. The van der Waals surface area contributed by atoms with Crippen LogP contribution in [0.15, 0.2) is 48.5 Å². The first-order chi connectivity index (χ1) is 30.3. The maximum atomic E-state index is 12.7. The van der Waals surface area contributed by atoms with Gasteiger partial charge in [-0.25, -0.2) is 19.9 Å². The second-order valence-electron chi connectivity index (χ2n) is 15.1. The smallest absolute Gasteiger partial charge is 0.396 e. The van der Waals surface area contributed by atoms with Gasteiger partial charge in [0, 0.05) is 25.0 Å². The Bertz CT molecular complexity index is 2330. The highest BCUT2D eigenvalue weighted by atomic mass is 35.5. The van der Waals surface area contributed by atoms with E-state index < -0.39 is 73.8 Å². The molecule has 64 heavy (non-hydrogen) atoms. The van der Waals surface area contributed by atoms with Crippen LogP contribution in [0.25, 0.3) is 41.6 Å². The first-order valence-electron chi connectivity index (χ1n) is 19.6. The largest absolute Gasteiger partial charge is 0.405 e. The fourth-order valence-electron chi connectivity index (χ4n) is 7.38. The molecular formula is C39H41ClF6N10O6S2. The molecule has 0 saturated heterocycles. The Kier molecular flexibility index (Phi) is 14.3. The van der Waals surface area contributed by atoms with Gasteiger partial charge in [-0.3, -0.25) is 0 Å². The van der Waals surface area contributed by atoms with E-state index in [-0.39, 0.29) is 60.3 Å². The highest BCUT2D eigenvalue weighted by Crippen LogP contribution is 2.41. The van der Waals surface area contributed by atoms with Gasteiger partial charge in [0.1, 0.15) is 52.1 Å². The number of nitrogens with one attached hydrogen (secondary N) is 4. The molecule has 0 aliphatic heterocycles. The van der Waals surface area contributed by atoms with Crippen molar-refractivity contribution in [1.82, 2.24) is 29.9 Å². The van der Waals surface area contributed by atoms with Gasteiger partial charge < -0.3 is 51.9 Å². The fourth-order valence-corrected chi connectivity index (χ4v) is 9.78. The molecule has 344 valence electrons. The molecule has 16 nitrogen and oxygen atoms in total. The standard InChI is InChI=1S/C20H22F3N5O3S.C19H19ClF3N5O3S/c1-9-14(18-27-11-4-2-3-5-13(11)32-18)17(28-19(25-9)24-8-20(21,22)23)26-12-6-10(7-29)15(30)16(12)31;20-15-12(17-26-9-3-1-2-4-11(9)32-17)16(28-18(27-15)24-7-19(21,22)23)25-10-5-8(6-29)13(30)14(10)31/h2-5,10,12,15-16,29-31H,6-8H2,1H3,(H2,24,25,26,28);1-4,8,10,13-14,29-31H,5-7H2,(H2,24,25,27,28)/t10-,12-,15-,16+;8-,10-,13-,14+/m11/s1. The lowest BCUT2D eigenvalue weighted by Crippen LogP contribution is -2.36. The molecular weight excluding hydrogens is 918 g/mol. The number of para-hydroxylation sites is 2. The summed E-state index contributed by atoms with van der Waals surface area (Å²) in [6, 6.07) is 13.4. The van der Waals surface area contributed by atoms with Crippen LogP contribution in [0.1, 0.15) is 18.5 Å². The van der Waals surface area contributed by atoms with Gasteiger partial charge in [0.05, 0.1) is 61.5 Å². The number of nitrogens with zero attached hydrogens (tertiary/aromatic N) is 6. The summed E-state index contributed by atoms with van der Waals surface area (Å²) in [5, 5.41) is 71.0. The first-order valence-corrected chi connectivity index (χ1v) is 21.6. The number of fused-ring (bicyclic) bond motifs is 2. The minimum atomic E-state index is -4.49. The number of benzene rings is 2. The van der Waals surface area contributed by atoms with E-state index in [0.29, 0.717) is 26.8 Å². The van der Waals surface area contributed by atoms with Crippen LogP contribution in [-0.4, -0.2) is 136 Å². The van der Waals surface area contributed by atoms with Crippen molar-refractivity contribution in [2.75, 3.05) is 47.6 Å². The summed E-state index contributed by atoms with van der Waals surface area (Å²) in [6.07, 6.45) is -13.2. The molecule has 2 fully saturated rings. The molecule has 25 heteroatoms. The summed E-state index contributed by atoms with van der Waals surface area (Å²) in [5.74, 6) is -1.42. The van der Waals surface area contributed by atoms with Gasteiger partial charge in [-0.15, -0.1) is 22.7 Å². The lowest BCUT2D eigenvalue weighted by Gasteiger charge is -2.21. The summed E-state index contributed by atoms with van der Waals surface area (Å²) < 4.78 is 77.8. The molecule has 4 heterocycles. The van der Waals surface area contributed by atoms with Crippen molar-refractivity contribution < 1.29 is 57.0 Å². The van der Waals surface area contributed by atoms with Crippen molar-refractivity contribution in [3.63, 3.8) is 0 Å². The minimum Gasteiger partial charge on any atom is -0.396 e. The third kappa shape index (κ3) is 10.8. The summed E-state index contributed by atoms with van der Waals surface area (Å²) in [7, 11) is 0. The van der Waals surface area contributed by atoms with Crippen LogP contribution in [0.4, 0.5) is 49.9 Å². The summed E-state index contributed by atoms with van der Waals surface area (Å²) >= 11 is 9.04. The predicted molar refractivity (Wildman–Crippen MR) is 229 cm³/mol. The number of aromatic nitrogens is 6. The van der Waals surface area contributed by atoms with E-state index in [1.165, 1.54) is 22.7 Å². The van der Waals surface area contributed by atoms with E-state index in [2.05, 4.69) is 51.2 Å². The zero-order chi connectivity index (χ0) is 46.1. The lowest BCUT2D eigenvalue weighted by atomic mass is 10.1. The number of rotatable bonds is 12. The molecule has 0 amide bonds. The van der Waals surface area contributed by atoms with Crippen molar-refractivity contribution in [2.24, 2.45) is 11.8 Å². The number of thiazole rings is 2. The van der Waals surface area contributed by atoms with Crippen molar-refractivity contribution in [2.45, 2.75) is 68.6 Å². The molecule has 6 aromatic rings. The SMILES string of the molecule is Cc1nc(NCC(F)(F)F)nc(N[C@@H]2C[C@H](CO)[C@@H](O)[C@H]2O)c1-c1nc2ccccc2s1.OC[C@H]1C[C@@H](Nc2nc(NCC(F)(F)F)nc(Cl)c2-c2nc3ccccc3s2)[C@H](O)[C@@H]1O. The molecule has 8 rings (SSSR count). The Morgan fingerprint density at radius 3 is 1.45 bits per heavy atom. The van der Waals surface area contributed by atoms with E-state index in [1.54, 1.807) is 13.0 Å². The Balaban J connectivity index is 0.000000191. The van der Waals surface area contributed by atoms with E-state index >= 15 is 0 Å². The summed E-state index contributed by atoms with van der Waals surface area (Å²) in [5.41, 5.74) is 2.62. The van der Waals surface area contributed by atoms with E-state index in [1.807, 2.05) is 42.5 Å². The predicted octanol–water partition coefficient (Wildman–Crippen LogP) is 5.45. The van der Waals surface area contributed by atoms with Gasteiger partial charge in [-0.1, -0.05) is 35.9 Å². The minimum absolute atomic E-state index is 0.0589. The molecule has 0 unspecified atom stereocenters. The zero-order valence-electron chi connectivity index (χ0n) is 33.3. The molecule has 2 aromatic carbocycles. The zero-order valence-corrected chi connectivity index (χ0v) is 35.7. The van der Waals surface area contributed by atoms with Gasteiger partial charge in [0.2, 0.25) is 11.9 Å². The lowest BCUT2D eigenvalue weighted by molar-refractivity contribution is -0.116. The monoisotopic (exact) mass is 958 g/mol. The second kappa shape index (κ2) is 19.4. The molecule has 0 spiro atoms. The van der Waals surface area contributed by atoms with E-state index in [9.17, 15) is 57.0 Å². The second-order valence-corrected chi connectivity index (χ2v) is 17.6. The van der Waals surface area contributed by atoms with Crippen LogP contribution in [0.5, 0.6) is 0 Å². The van der Waals surface area contributed by atoms with E-state index in [0.717, 1.165) is 14.9 Å². The summed E-state index contributed by atoms with van der Waals surface area (Å²) in [6.45, 7) is -1.65. The highest BCUT2D eigenvalue weighted by molar-refractivity contribution is 7.22. The summed E-state index contributed by atoms with van der Waals surface area (Å²) in [4.78, 5) is 25.6. The molecule has 4 aromatic heterocycles. The fraction of sp³-hybridized carbons (Fsp3) is 0.436. The number of alkyl halides is 6. The van der Waals surface area contributed by atoms with Crippen LogP contribution in [0, 0.1) is 18.8 Å². The van der Waals surface area contributed by atoms with Crippen molar-refractivity contribution >= 4 is 78.2 Å². The van der Waals surface area contributed by atoms with Crippen molar-refractivity contribution in [1.29, 1.82) is 0 Å². The average molecular weight is 959 g/mol. The number of hydrogen-bond donors (Lipinski definition) is 10. The third-order valence-corrected chi connectivity index (χ3v) is 13.0. The van der Waals surface area contributed by atoms with Crippen LogP contribution in [0.3, 0.4) is 0 Å². The van der Waals surface area contributed by atoms with Crippen molar-refractivity contribution in [3.8, 4) is 21.1 Å². The average Bonchev–Trinajstić information content (AvgIpc) is 4.00. The Morgan fingerprint density at radius 1 is 0.609 bits per heavy atom. The maximum absolute atomic E-state index is 12.7. The highest BCUT2D eigenvalue weighted by Gasteiger charge is 2.43. The number of aryl methyl sites for hydroxylation is 1. The van der Waals surface area contributed by atoms with Gasteiger partial charge in [0.15, 0.2) is 0 Å². The van der Waals surface area contributed by atoms with Crippen LogP contribution in [-0.2, 0) is 0 Å². The van der Waals surface area contributed by atoms with Crippen molar-refractivity contribution in [3.05, 3.63) is 59.4 Å². The normalized spacial score (nSPS) is 23.6. The van der Waals surface area contributed by atoms with E-state index in [4.69, 9.17) is 11.6 Å². The molecule has 8 atom stereocenters. The molecule has 2 saturated carbocycles. The topological polar surface area (TPSA) is 247 Å². The third-order valence-electron chi connectivity index (χ3n) is 10.6. The Morgan fingerprint density at radius 2 is 1.03 bits per heavy atom. The Labute approximate surface area is 372 Å². The van der Waals surface area contributed by atoms with Gasteiger partial charge in [-0.2, -0.15) is 36.3 Å². The van der Waals surface area contributed by atoms with Gasteiger partial charge >= 0.3 is 12.4 Å². The number of anilines is 4. The number of aliphatic hydroxyl groups excluding tert-OH is 6. The molecule has 10 N–H and O–H groups in total. The maximum Gasteiger partial charge on any atom is 0.405 e. The molecule has 0 bridgehead atoms. The van der Waals surface area contributed by atoms with Crippen LogP contribution < -0.4 is 21.3 Å². The molecule has 2 aliphatic rings. The number of hydrogen-bond acceptors (Lipinski definition) is 18. The number of aliphatic hydroxyl groups is 6.